The van der Waals surface area contributed by atoms with Gasteiger partial charge in [0.2, 0.25) is 17.7 Å². The van der Waals surface area contributed by atoms with Crippen molar-refractivity contribution in [3.8, 4) is 11.4 Å². The summed E-state index contributed by atoms with van der Waals surface area (Å²) in [5, 5.41) is 3.79. The number of nitrogens with zero attached hydrogens (tertiary/aromatic N) is 4. The fourth-order valence-corrected chi connectivity index (χ4v) is 3.23. The molecule has 0 aliphatic carbocycles. The van der Waals surface area contributed by atoms with E-state index in [-0.39, 0.29) is 29.1 Å². The maximum Gasteiger partial charge on any atom is 0.255 e. The van der Waals surface area contributed by atoms with E-state index in [1.165, 1.54) is 18.3 Å². The second-order valence-corrected chi connectivity index (χ2v) is 6.54. The molecule has 3 heterocycles. The monoisotopic (exact) mass is 388 g/mol. The first-order valence-corrected chi connectivity index (χ1v) is 8.71. The molecule has 1 fully saturated rings. The molecule has 1 atom stereocenters. The molecule has 0 bridgehead atoms. The van der Waals surface area contributed by atoms with Crippen LogP contribution >= 0.6 is 0 Å². The fraction of sp³-hybridized carbons (Fsp3) is 0.263. The van der Waals surface area contributed by atoms with Crippen molar-refractivity contribution in [1.29, 1.82) is 0 Å². The van der Waals surface area contributed by atoms with E-state index in [4.69, 9.17) is 4.52 Å². The maximum atomic E-state index is 13.9. The molecule has 4 rings (SSSR count). The minimum absolute atomic E-state index is 0.0266. The molecule has 1 saturated heterocycles. The number of halogens is 3. The van der Waals surface area contributed by atoms with Gasteiger partial charge in [-0.05, 0) is 37.1 Å². The Morgan fingerprint density at radius 3 is 2.79 bits per heavy atom. The topological polar surface area (TPSA) is 72.1 Å². The number of pyridine rings is 1. The maximum absolute atomic E-state index is 13.9. The number of aromatic nitrogens is 3. The van der Waals surface area contributed by atoms with Crippen LogP contribution in [0.15, 0.2) is 41.1 Å². The summed E-state index contributed by atoms with van der Waals surface area (Å²) in [4.78, 5) is 22.0. The minimum Gasteiger partial charge on any atom is -0.339 e. The van der Waals surface area contributed by atoms with Gasteiger partial charge in [-0.2, -0.15) is 9.37 Å². The first-order chi connectivity index (χ1) is 13.5. The Kier molecular flexibility index (Phi) is 4.81. The first-order valence-electron chi connectivity index (χ1n) is 8.71. The van der Waals surface area contributed by atoms with Crippen LogP contribution in [0.25, 0.3) is 11.4 Å². The number of amides is 1. The lowest BCUT2D eigenvalue weighted by atomic mass is 9.97. The van der Waals surface area contributed by atoms with E-state index >= 15 is 0 Å². The van der Waals surface area contributed by atoms with Crippen LogP contribution in [0, 0.1) is 17.6 Å². The number of hydrogen-bond donors (Lipinski definition) is 0. The molecule has 0 spiro atoms. The Hall–Kier alpha value is -3.23. The summed E-state index contributed by atoms with van der Waals surface area (Å²) < 4.78 is 45.2. The van der Waals surface area contributed by atoms with Crippen molar-refractivity contribution < 1.29 is 22.5 Å². The molecule has 0 radical (unpaired) electrons. The van der Waals surface area contributed by atoms with E-state index in [0.717, 1.165) is 24.6 Å². The Labute approximate surface area is 158 Å². The molecule has 144 valence electrons. The van der Waals surface area contributed by atoms with E-state index in [1.807, 2.05) is 0 Å². The highest BCUT2D eigenvalue weighted by molar-refractivity contribution is 5.94. The Bertz CT molecular complexity index is 1010. The minimum atomic E-state index is -0.781. The molecule has 9 heteroatoms. The van der Waals surface area contributed by atoms with Gasteiger partial charge in [0.1, 0.15) is 11.6 Å². The highest BCUT2D eigenvalue weighted by Crippen LogP contribution is 2.29. The normalized spacial score (nSPS) is 17.0. The molecule has 2 aromatic heterocycles. The quantitative estimate of drug-likeness (QED) is 0.642. The van der Waals surface area contributed by atoms with Crippen LogP contribution in [0.4, 0.5) is 13.2 Å². The standard InChI is InChI=1S/C19H15F3N4O2/c20-13-4-5-14(15(21)8-13)17-24-18(28-25-17)12-2-1-7-26(10-12)19(27)11-3-6-16(22)23-9-11/h3-6,8-9,12H,1-2,7,10H2/t12-/m0/s1. The van der Waals surface area contributed by atoms with E-state index in [0.29, 0.717) is 25.1 Å². The van der Waals surface area contributed by atoms with Crippen LogP contribution in [0.5, 0.6) is 0 Å². The second-order valence-electron chi connectivity index (χ2n) is 6.54. The molecular weight excluding hydrogens is 373 g/mol. The van der Waals surface area contributed by atoms with Crippen molar-refractivity contribution in [3.63, 3.8) is 0 Å². The molecule has 3 aromatic rings. The van der Waals surface area contributed by atoms with Gasteiger partial charge in [-0.1, -0.05) is 5.16 Å². The van der Waals surface area contributed by atoms with Crippen LogP contribution < -0.4 is 0 Å². The molecule has 1 aromatic carbocycles. The number of hydrogen-bond acceptors (Lipinski definition) is 5. The highest BCUT2D eigenvalue weighted by Gasteiger charge is 2.29. The Morgan fingerprint density at radius 1 is 1.18 bits per heavy atom. The molecule has 6 nitrogen and oxygen atoms in total. The van der Waals surface area contributed by atoms with Crippen molar-refractivity contribution in [1.82, 2.24) is 20.0 Å². The molecule has 28 heavy (non-hydrogen) atoms. The van der Waals surface area contributed by atoms with Crippen molar-refractivity contribution in [2.24, 2.45) is 0 Å². The van der Waals surface area contributed by atoms with E-state index in [9.17, 15) is 18.0 Å². The third kappa shape index (κ3) is 3.60. The van der Waals surface area contributed by atoms with Crippen LogP contribution in [0.1, 0.15) is 35.0 Å². The van der Waals surface area contributed by atoms with Gasteiger partial charge in [0, 0.05) is 25.4 Å². The lowest BCUT2D eigenvalue weighted by molar-refractivity contribution is 0.0695. The van der Waals surface area contributed by atoms with E-state index in [1.54, 1.807) is 4.90 Å². The van der Waals surface area contributed by atoms with E-state index in [2.05, 4.69) is 15.1 Å². The van der Waals surface area contributed by atoms with Crippen LogP contribution in [0.2, 0.25) is 0 Å². The number of rotatable bonds is 3. The number of carbonyl (C=O) groups excluding carboxylic acids is 1. The largest absolute Gasteiger partial charge is 0.339 e. The number of carbonyl (C=O) groups is 1. The van der Waals surface area contributed by atoms with Crippen LogP contribution in [0.3, 0.4) is 0 Å². The number of piperidine rings is 1. The summed E-state index contributed by atoms with van der Waals surface area (Å²) in [6, 6.07) is 5.64. The van der Waals surface area contributed by atoms with Crippen molar-refractivity contribution in [3.05, 3.63) is 65.6 Å². The van der Waals surface area contributed by atoms with Gasteiger partial charge in [-0.15, -0.1) is 0 Å². The average Bonchev–Trinajstić information content (AvgIpc) is 3.18. The fourth-order valence-electron chi connectivity index (χ4n) is 3.23. The van der Waals surface area contributed by atoms with Crippen molar-refractivity contribution >= 4 is 5.91 Å². The zero-order chi connectivity index (χ0) is 19.7. The summed E-state index contributed by atoms with van der Waals surface area (Å²) in [5.74, 6) is -2.29. The van der Waals surface area contributed by atoms with Gasteiger partial charge >= 0.3 is 0 Å². The highest BCUT2D eigenvalue weighted by atomic mass is 19.1. The predicted octanol–water partition coefficient (Wildman–Crippen LogP) is 3.57. The summed E-state index contributed by atoms with van der Waals surface area (Å²) in [6.45, 7) is 0.879. The van der Waals surface area contributed by atoms with Gasteiger partial charge in [-0.25, -0.2) is 13.8 Å². The number of benzene rings is 1. The molecule has 0 saturated carbocycles. The zero-order valence-corrected chi connectivity index (χ0v) is 14.6. The molecule has 0 unspecified atom stereocenters. The summed E-state index contributed by atoms with van der Waals surface area (Å²) in [7, 11) is 0. The smallest absolute Gasteiger partial charge is 0.255 e. The second kappa shape index (κ2) is 7.41. The summed E-state index contributed by atoms with van der Waals surface area (Å²) in [5.41, 5.74) is 0.333. The van der Waals surface area contributed by atoms with Gasteiger partial charge in [-0.3, -0.25) is 4.79 Å². The summed E-state index contributed by atoms with van der Waals surface area (Å²) >= 11 is 0. The number of likely N-dealkylation sites (tertiary alicyclic amines) is 1. The molecule has 1 aliphatic rings. The molecule has 1 amide bonds. The predicted molar refractivity (Wildman–Crippen MR) is 91.7 cm³/mol. The van der Waals surface area contributed by atoms with Gasteiger partial charge in [0.25, 0.3) is 5.91 Å². The van der Waals surface area contributed by atoms with E-state index < -0.39 is 17.6 Å². The molecule has 1 aliphatic heterocycles. The van der Waals surface area contributed by atoms with Crippen molar-refractivity contribution in [2.45, 2.75) is 18.8 Å². The van der Waals surface area contributed by atoms with Crippen molar-refractivity contribution in [2.75, 3.05) is 13.1 Å². The third-order valence-corrected chi connectivity index (χ3v) is 4.65. The van der Waals surface area contributed by atoms with Gasteiger partial charge < -0.3 is 9.42 Å². The Balaban J connectivity index is 1.51. The SMILES string of the molecule is O=C(c1ccc(F)nc1)N1CCC[C@H](c2nc(-c3ccc(F)cc3F)no2)C1. The van der Waals surface area contributed by atoms with Crippen LogP contribution in [-0.2, 0) is 0 Å². The average molecular weight is 388 g/mol. The zero-order valence-electron chi connectivity index (χ0n) is 14.6. The Morgan fingerprint density at radius 2 is 2.04 bits per heavy atom. The molecular formula is C19H15F3N4O2. The van der Waals surface area contributed by atoms with Gasteiger partial charge in [0.15, 0.2) is 0 Å². The lowest BCUT2D eigenvalue weighted by Gasteiger charge is -2.31. The third-order valence-electron chi connectivity index (χ3n) is 4.65. The lowest BCUT2D eigenvalue weighted by Crippen LogP contribution is -2.39. The summed E-state index contributed by atoms with van der Waals surface area (Å²) in [6.07, 6.45) is 2.63. The molecule has 0 N–H and O–H groups in total. The first kappa shape index (κ1) is 18.1. The van der Waals surface area contributed by atoms with Crippen LogP contribution in [-0.4, -0.2) is 39.0 Å². The van der Waals surface area contributed by atoms with Gasteiger partial charge in [0.05, 0.1) is 17.0 Å².